The van der Waals surface area contributed by atoms with Crippen LogP contribution < -0.4 is 15.4 Å². The van der Waals surface area contributed by atoms with E-state index in [0.717, 1.165) is 4.31 Å². The maximum Gasteiger partial charge on any atom is 0.438 e. The van der Waals surface area contributed by atoms with Gasteiger partial charge in [0, 0.05) is 13.1 Å². The van der Waals surface area contributed by atoms with E-state index >= 15 is 0 Å². The summed E-state index contributed by atoms with van der Waals surface area (Å²) in [4.78, 5) is 11.9. The van der Waals surface area contributed by atoms with Crippen molar-refractivity contribution in [3.05, 3.63) is 29.8 Å². The Kier molecular flexibility index (Phi) is 6.16. The van der Waals surface area contributed by atoms with Gasteiger partial charge in [0.05, 0.1) is 13.2 Å². The largest absolute Gasteiger partial charge is 0.497 e. The molecule has 0 saturated carbocycles. The second-order valence-electron chi connectivity index (χ2n) is 6.16. The van der Waals surface area contributed by atoms with Crippen LogP contribution in [0.25, 0.3) is 0 Å². The van der Waals surface area contributed by atoms with Crippen molar-refractivity contribution in [2.45, 2.75) is 37.0 Å². The fourth-order valence-electron chi connectivity index (χ4n) is 3.17. The minimum atomic E-state index is -5.44. The van der Waals surface area contributed by atoms with Crippen LogP contribution in [0.1, 0.15) is 25.5 Å². The van der Waals surface area contributed by atoms with E-state index in [1.165, 1.54) is 50.5 Å². The fourth-order valence-corrected chi connectivity index (χ4v) is 5.41. The fraction of sp³-hybridized carbons (Fsp3) is 0.562. The minimum absolute atomic E-state index is 0.0686. The first-order chi connectivity index (χ1) is 12.9. The highest BCUT2D eigenvalue weighted by Crippen LogP contribution is 2.42. The third-order valence-electron chi connectivity index (χ3n) is 4.60. The predicted octanol–water partition coefficient (Wildman–Crippen LogP) is 1.34. The molecule has 0 aliphatic carbocycles. The molecule has 1 fully saturated rings. The SMILES string of the molecule is CCN(CC)S(=O)(=O)[C@@H]1[C@@H](c2ccc(OC)cc2)NC(=O)N[C@@]1(O)C(F)(F)F. The lowest BCUT2D eigenvalue weighted by Gasteiger charge is -2.46. The lowest BCUT2D eigenvalue weighted by molar-refractivity contribution is -0.273. The van der Waals surface area contributed by atoms with Gasteiger partial charge >= 0.3 is 12.2 Å². The highest BCUT2D eigenvalue weighted by Gasteiger charge is 2.69. The average Bonchev–Trinajstić information content (AvgIpc) is 2.60. The highest BCUT2D eigenvalue weighted by molar-refractivity contribution is 7.89. The Balaban J connectivity index is 2.70. The zero-order valence-electron chi connectivity index (χ0n) is 15.4. The van der Waals surface area contributed by atoms with E-state index in [1.54, 1.807) is 0 Å². The summed E-state index contributed by atoms with van der Waals surface area (Å²) in [5.74, 6) is 0.387. The molecule has 2 amide bonds. The van der Waals surface area contributed by atoms with Crippen LogP contribution in [0, 0.1) is 0 Å². The molecule has 8 nitrogen and oxygen atoms in total. The van der Waals surface area contributed by atoms with Crippen LogP contribution >= 0.6 is 0 Å². The number of ether oxygens (including phenoxy) is 1. The molecule has 3 atom stereocenters. The van der Waals surface area contributed by atoms with Crippen LogP contribution in [0.3, 0.4) is 0 Å². The van der Waals surface area contributed by atoms with Crippen LogP contribution in [0.15, 0.2) is 24.3 Å². The van der Waals surface area contributed by atoms with Crippen molar-refractivity contribution in [2.75, 3.05) is 20.2 Å². The van der Waals surface area contributed by atoms with Crippen LogP contribution in [0.2, 0.25) is 0 Å². The van der Waals surface area contributed by atoms with Gasteiger partial charge in [0.1, 0.15) is 5.75 Å². The number of nitrogens with one attached hydrogen (secondary N) is 2. The standard InChI is InChI=1S/C16H22F3N3O5S/c1-4-22(5-2)28(25,26)13-12(10-6-8-11(27-3)9-7-10)20-14(23)21-15(13,24)16(17,18)19/h6-9,12-13,24H,4-5H2,1-3H3,(H2,20,21,23)/t12-,13-,15+/m1/s1. The number of amides is 2. The summed E-state index contributed by atoms with van der Waals surface area (Å²) < 4.78 is 73.2. The van der Waals surface area contributed by atoms with Gasteiger partial charge in [-0.15, -0.1) is 0 Å². The summed E-state index contributed by atoms with van der Waals surface area (Å²) in [6.07, 6.45) is -5.44. The summed E-state index contributed by atoms with van der Waals surface area (Å²) in [7, 11) is -3.31. The zero-order chi connectivity index (χ0) is 21.3. The molecular weight excluding hydrogens is 403 g/mol. The quantitative estimate of drug-likeness (QED) is 0.638. The minimum Gasteiger partial charge on any atom is -0.497 e. The number of nitrogens with zero attached hydrogens (tertiary/aromatic N) is 1. The van der Waals surface area contributed by atoms with E-state index in [9.17, 15) is 31.5 Å². The number of sulfonamides is 1. The molecule has 12 heteroatoms. The molecule has 0 aromatic heterocycles. The Morgan fingerprint density at radius 2 is 1.75 bits per heavy atom. The molecule has 28 heavy (non-hydrogen) atoms. The summed E-state index contributed by atoms with van der Waals surface area (Å²) in [6.45, 7) is 2.72. The topological polar surface area (TPSA) is 108 Å². The molecule has 1 aliphatic heterocycles. The number of benzene rings is 1. The number of aliphatic hydroxyl groups is 1. The van der Waals surface area contributed by atoms with Crippen molar-refractivity contribution < 1.29 is 36.2 Å². The Morgan fingerprint density at radius 3 is 2.18 bits per heavy atom. The van der Waals surface area contributed by atoms with E-state index in [1.807, 2.05) is 0 Å². The Bertz CT molecular complexity index is 812. The van der Waals surface area contributed by atoms with Gasteiger partial charge in [-0.25, -0.2) is 17.5 Å². The monoisotopic (exact) mass is 425 g/mol. The van der Waals surface area contributed by atoms with Crippen molar-refractivity contribution in [2.24, 2.45) is 0 Å². The van der Waals surface area contributed by atoms with Gasteiger partial charge in [-0.05, 0) is 17.7 Å². The number of carbonyl (C=O) groups is 1. The molecule has 2 rings (SSSR count). The van der Waals surface area contributed by atoms with E-state index in [4.69, 9.17) is 4.74 Å². The van der Waals surface area contributed by atoms with Gasteiger partial charge in [0.25, 0.3) is 5.72 Å². The number of urea groups is 1. The summed E-state index contributed by atoms with van der Waals surface area (Å²) in [5.41, 5.74) is -3.92. The second-order valence-corrected chi connectivity index (χ2v) is 8.22. The van der Waals surface area contributed by atoms with E-state index in [-0.39, 0.29) is 18.7 Å². The zero-order valence-corrected chi connectivity index (χ0v) is 16.3. The first-order valence-corrected chi connectivity index (χ1v) is 9.93. The second kappa shape index (κ2) is 7.76. The molecule has 0 radical (unpaired) electrons. The molecule has 3 N–H and O–H groups in total. The van der Waals surface area contributed by atoms with Crippen molar-refractivity contribution in [1.29, 1.82) is 0 Å². The van der Waals surface area contributed by atoms with Crippen molar-refractivity contribution in [1.82, 2.24) is 14.9 Å². The number of alkyl halides is 3. The van der Waals surface area contributed by atoms with E-state index in [0.29, 0.717) is 5.75 Å². The number of halogens is 3. The van der Waals surface area contributed by atoms with Gasteiger partial charge < -0.3 is 20.5 Å². The van der Waals surface area contributed by atoms with Crippen LogP contribution in [-0.2, 0) is 10.0 Å². The molecule has 0 spiro atoms. The summed E-state index contributed by atoms with van der Waals surface area (Å²) >= 11 is 0. The lowest BCUT2D eigenvalue weighted by Crippen LogP contribution is -2.76. The van der Waals surface area contributed by atoms with Gasteiger partial charge in [0.2, 0.25) is 10.0 Å². The Morgan fingerprint density at radius 1 is 1.21 bits per heavy atom. The van der Waals surface area contributed by atoms with Gasteiger partial charge in [0.15, 0.2) is 5.25 Å². The molecule has 158 valence electrons. The van der Waals surface area contributed by atoms with Gasteiger partial charge in [-0.1, -0.05) is 26.0 Å². The van der Waals surface area contributed by atoms with Crippen molar-refractivity contribution in [3.63, 3.8) is 0 Å². The van der Waals surface area contributed by atoms with Crippen LogP contribution in [0.4, 0.5) is 18.0 Å². The Hall–Kier alpha value is -2.05. The summed E-state index contributed by atoms with van der Waals surface area (Å²) in [5, 5.41) is 11.5. The van der Waals surface area contributed by atoms with Gasteiger partial charge in [-0.3, -0.25) is 0 Å². The van der Waals surface area contributed by atoms with Crippen molar-refractivity contribution >= 4 is 16.1 Å². The van der Waals surface area contributed by atoms with E-state index < -0.39 is 39.2 Å². The predicted molar refractivity (Wildman–Crippen MR) is 94.0 cm³/mol. The smallest absolute Gasteiger partial charge is 0.438 e. The Labute approximate surface area is 160 Å². The average molecular weight is 425 g/mol. The normalized spacial score (nSPS) is 25.9. The molecular formula is C16H22F3N3O5S. The summed E-state index contributed by atoms with van der Waals surface area (Å²) in [6, 6.07) is 2.49. The molecule has 0 unspecified atom stereocenters. The molecule has 1 saturated heterocycles. The first-order valence-electron chi connectivity index (χ1n) is 8.43. The maximum atomic E-state index is 13.8. The lowest BCUT2D eigenvalue weighted by atomic mass is 9.93. The van der Waals surface area contributed by atoms with Crippen molar-refractivity contribution in [3.8, 4) is 5.75 Å². The highest BCUT2D eigenvalue weighted by atomic mass is 32.2. The third-order valence-corrected chi connectivity index (χ3v) is 7.09. The molecule has 0 bridgehead atoms. The first kappa shape index (κ1) is 22.2. The molecule has 1 aliphatic rings. The van der Waals surface area contributed by atoms with E-state index in [2.05, 4.69) is 5.32 Å². The number of methoxy groups -OCH3 is 1. The van der Waals surface area contributed by atoms with Crippen LogP contribution in [-0.4, -0.2) is 61.2 Å². The number of carbonyl (C=O) groups excluding carboxylic acids is 1. The maximum absolute atomic E-state index is 13.8. The van der Waals surface area contributed by atoms with Gasteiger partial charge in [-0.2, -0.15) is 13.2 Å². The molecule has 1 aromatic rings. The number of hydrogen-bond acceptors (Lipinski definition) is 5. The third kappa shape index (κ3) is 3.76. The molecule has 1 heterocycles. The van der Waals surface area contributed by atoms with Crippen LogP contribution in [0.5, 0.6) is 5.75 Å². The number of rotatable bonds is 6. The number of hydrogen-bond donors (Lipinski definition) is 3. The molecule has 1 aromatic carbocycles.